The number of nitrogens with zero attached hydrogens (tertiary/aromatic N) is 2. The number of fused-ring (bicyclic) bond motifs is 1. The minimum Gasteiger partial charge on any atom is -0.469 e. The average molecular weight is 261 g/mol. The van der Waals surface area contributed by atoms with E-state index in [1.165, 1.54) is 12.0 Å². The van der Waals surface area contributed by atoms with Crippen LogP contribution in [-0.2, 0) is 9.53 Å². The summed E-state index contributed by atoms with van der Waals surface area (Å²) in [7, 11) is 2.98. The second-order valence-electron chi connectivity index (χ2n) is 4.22. The number of carbonyl (C=O) groups is 2. The van der Waals surface area contributed by atoms with Gasteiger partial charge in [-0.1, -0.05) is 6.07 Å². The smallest absolute Gasteiger partial charge is 0.307 e. The monoisotopic (exact) mass is 261 g/mol. The van der Waals surface area contributed by atoms with E-state index in [-0.39, 0.29) is 18.3 Å². The van der Waals surface area contributed by atoms with Gasteiger partial charge in [0.15, 0.2) is 0 Å². The van der Waals surface area contributed by atoms with Gasteiger partial charge in [0.25, 0.3) is 5.91 Å². The van der Waals surface area contributed by atoms with E-state index >= 15 is 0 Å². The van der Waals surface area contributed by atoms with Crippen molar-refractivity contribution >= 4 is 22.8 Å². The Hall–Kier alpha value is -2.37. The fourth-order valence-corrected chi connectivity index (χ4v) is 1.75. The molecule has 1 amide bonds. The van der Waals surface area contributed by atoms with Crippen LogP contribution >= 0.6 is 0 Å². The van der Waals surface area contributed by atoms with E-state index in [4.69, 9.17) is 0 Å². The van der Waals surface area contributed by atoms with Crippen molar-refractivity contribution in [1.29, 1.82) is 0 Å². The maximum absolute atomic E-state index is 12.2. The van der Waals surface area contributed by atoms with Crippen molar-refractivity contribution in [3.8, 4) is 0 Å². The number of benzene rings is 1. The highest BCUT2D eigenvalue weighted by atomic mass is 16.5. The molecule has 0 aliphatic rings. The van der Waals surface area contributed by atoms with E-state index in [0.29, 0.717) is 12.1 Å². The number of ether oxygens (including phenoxy) is 1. The lowest BCUT2D eigenvalue weighted by atomic mass is 10.1. The summed E-state index contributed by atoms with van der Waals surface area (Å²) < 4.78 is 4.54. The summed E-state index contributed by atoms with van der Waals surface area (Å²) in [5.74, 6) is -0.468. The Morgan fingerprint density at radius 1 is 1.42 bits per heavy atom. The summed E-state index contributed by atoms with van der Waals surface area (Å²) >= 11 is 0. The number of amides is 1. The second-order valence-corrected chi connectivity index (χ2v) is 4.22. The summed E-state index contributed by atoms with van der Waals surface area (Å²) in [5.41, 5.74) is 1.37. The van der Waals surface area contributed by atoms with Crippen molar-refractivity contribution in [3.05, 3.63) is 30.0 Å². The fourth-order valence-electron chi connectivity index (χ4n) is 1.75. The molecule has 19 heavy (non-hydrogen) atoms. The molecule has 100 valence electrons. The Labute approximate surface area is 110 Å². The molecule has 0 aliphatic carbocycles. The molecule has 2 aromatic rings. The van der Waals surface area contributed by atoms with Crippen molar-refractivity contribution in [2.24, 2.45) is 0 Å². The van der Waals surface area contributed by atoms with Crippen LogP contribution in [0.5, 0.6) is 0 Å². The lowest BCUT2D eigenvalue weighted by Gasteiger charge is -2.16. The third-order valence-electron chi connectivity index (χ3n) is 2.91. The molecule has 0 unspecified atom stereocenters. The maximum atomic E-state index is 12.2. The van der Waals surface area contributed by atoms with Gasteiger partial charge in [-0.05, 0) is 12.1 Å². The van der Waals surface area contributed by atoms with Crippen LogP contribution in [0.15, 0.2) is 24.4 Å². The third-order valence-corrected chi connectivity index (χ3v) is 2.91. The molecule has 1 aromatic carbocycles. The van der Waals surface area contributed by atoms with Crippen molar-refractivity contribution < 1.29 is 14.3 Å². The third kappa shape index (κ3) is 2.90. The lowest BCUT2D eigenvalue weighted by Crippen LogP contribution is -2.29. The first-order chi connectivity index (χ1) is 9.11. The van der Waals surface area contributed by atoms with Crippen LogP contribution in [-0.4, -0.2) is 47.7 Å². The highest BCUT2D eigenvalue weighted by molar-refractivity contribution is 5.97. The number of aromatic nitrogens is 2. The second kappa shape index (κ2) is 5.51. The van der Waals surface area contributed by atoms with Crippen molar-refractivity contribution in [2.75, 3.05) is 20.7 Å². The van der Waals surface area contributed by atoms with E-state index in [2.05, 4.69) is 14.9 Å². The molecule has 0 spiro atoms. The Morgan fingerprint density at radius 2 is 2.21 bits per heavy atom. The largest absolute Gasteiger partial charge is 0.469 e. The highest BCUT2D eigenvalue weighted by Crippen LogP contribution is 2.14. The molecule has 2 rings (SSSR count). The standard InChI is InChI=1S/C13H15N3O3/c1-16(6-5-12(17)19-2)13(18)9-3-4-10-8-14-15-11(10)7-9/h3-4,7-8H,5-6H2,1-2H3,(H,14,15). The fraction of sp³-hybridized carbons (Fsp3) is 0.308. The molecule has 1 heterocycles. The van der Waals surface area contributed by atoms with Gasteiger partial charge in [-0.3, -0.25) is 14.7 Å². The molecule has 6 heteroatoms. The van der Waals surface area contributed by atoms with Gasteiger partial charge in [-0.15, -0.1) is 0 Å². The van der Waals surface area contributed by atoms with Crippen LogP contribution in [0.2, 0.25) is 0 Å². The highest BCUT2D eigenvalue weighted by Gasteiger charge is 2.13. The number of carbonyl (C=O) groups excluding carboxylic acids is 2. The van der Waals surface area contributed by atoms with Gasteiger partial charge >= 0.3 is 5.97 Å². The molecular formula is C13H15N3O3. The first-order valence-corrected chi connectivity index (χ1v) is 5.87. The number of H-pyrrole nitrogens is 1. The predicted molar refractivity (Wildman–Crippen MR) is 69.7 cm³/mol. The summed E-state index contributed by atoms with van der Waals surface area (Å²) in [4.78, 5) is 24.7. The van der Waals surface area contributed by atoms with Crippen LogP contribution < -0.4 is 0 Å². The molecule has 0 saturated heterocycles. The molecule has 1 N–H and O–H groups in total. The summed E-state index contributed by atoms with van der Waals surface area (Å²) in [5, 5.41) is 7.68. The summed E-state index contributed by atoms with van der Waals surface area (Å²) in [6.07, 6.45) is 1.88. The molecule has 0 bridgehead atoms. The van der Waals surface area contributed by atoms with Crippen LogP contribution in [0, 0.1) is 0 Å². The zero-order valence-electron chi connectivity index (χ0n) is 10.8. The lowest BCUT2D eigenvalue weighted by molar-refractivity contribution is -0.140. The zero-order chi connectivity index (χ0) is 13.8. The SMILES string of the molecule is COC(=O)CCN(C)C(=O)c1ccc2cn[nH]c2c1. The molecule has 0 atom stereocenters. The van der Waals surface area contributed by atoms with E-state index in [9.17, 15) is 9.59 Å². The molecular weight excluding hydrogens is 246 g/mol. The Kier molecular flexibility index (Phi) is 3.79. The quantitative estimate of drug-likeness (QED) is 0.839. The van der Waals surface area contributed by atoms with Crippen LogP contribution in [0.25, 0.3) is 10.9 Å². The van der Waals surface area contributed by atoms with Crippen molar-refractivity contribution in [3.63, 3.8) is 0 Å². The molecule has 0 radical (unpaired) electrons. The summed E-state index contributed by atoms with van der Waals surface area (Å²) in [6.45, 7) is 0.326. The van der Waals surface area contributed by atoms with Gasteiger partial charge in [-0.2, -0.15) is 5.10 Å². The number of hydrogen-bond donors (Lipinski definition) is 1. The molecule has 0 saturated carbocycles. The van der Waals surface area contributed by atoms with E-state index in [0.717, 1.165) is 10.9 Å². The van der Waals surface area contributed by atoms with Gasteiger partial charge in [0, 0.05) is 24.5 Å². The van der Waals surface area contributed by atoms with E-state index < -0.39 is 0 Å². The number of nitrogens with one attached hydrogen (secondary N) is 1. The number of rotatable bonds is 4. The van der Waals surface area contributed by atoms with Gasteiger partial charge in [0.2, 0.25) is 0 Å². The van der Waals surface area contributed by atoms with Gasteiger partial charge < -0.3 is 9.64 Å². The number of methoxy groups -OCH3 is 1. The normalized spacial score (nSPS) is 10.4. The van der Waals surface area contributed by atoms with Crippen LogP contribution in [0.3, 0.4) is 0 Å². The first kappa shape index (κ1) is 13.1. The van der Waals surface area contributed by atoms with Crippen LogP contribution in [0.1, 0.15) is 16.8 Å². The van der Waals surface area contributed by atoms with E-state index in [1.807, 2.05) is 6.07 Å². The molecule has 0 fully saturated rings. The number of esters is 1. The predicted octanol–water partition coefficient (Wildman–Crippen LogP) is 1.20. The van der Waals surface area contributed by atoms with E-state index in [1.54, 1.807) is 25.4 Å². The Bertz CT molecular complexity index is 606. The van der Waals surface area contributed by atoms with Gasteiger partial charge in [-0.25, -0.2) is 0 Å². The van der Waals surface area contributed by atoms with Crippen molar-refractivity contribution in [1.82, 2.24) is 15.1 Å². The van der Waals surface area contributed by atoms with Gasteiger partial charge in [0.05, 0.1) is 25.2 Å². The molecule has 1 aromatic heterocycles. The zero-order valence-corrected chi connectivity index (χ0v) is 10.8. The number of hydrogen-bond acceptors (Lipinski definition) is 4. The number of aromatic amines is 1. The van der Waals surface area contributed by atoms with Gasteiger partial charge in [0.1, 0.15) is 0 Å². The van der Waals surface area contributed by atoms with Crippen molar-refractivity contribution in [2.45, 2.75) is 6.42 Å². The Morgan fingerprint density at radius 3 is 2.95 bits per heavy atom. The minimum absolute atomic E-state index is 0.139. The summed E-state index contributed by atoms with van der Waals surface area (Å²) in [6, 6.07) is 5.33. The average Bonchev–Trinajstić information content (AvgIpc) is 2.90. The first-order valence-electron chi connectivity index (χ1n) is 5.87. The maximum Gasteiger partial charge on any atom is 0.307 e. The van der Waals surface area contributed by atoms with Crippen LogP contribution in [0.4, 0.5) is 0 Å². The molecule has 6 nitrogen and oxygen atoms in total. The minimum atomic E-state index is -0.330. The molecule has 0 aliphatic heterocycles. The Balaban J connectivity index is 2.07. The topological polar surface area (TPSA) is 75.3 Å².